The minimum atomic E-state index is 0.559. The van der Waals surface area contributed by atoms with Gasteiger partial charge in [-0.1, -0.05) is 6.92 Å². The minimum Gasteiger partial charge on any atom is -0.352 e. The van der Waals surface area contributed by atoms with Crippen molar-refractivity contribution in [2.24, 2.45) is 10.9 Å². The molecule has 2 unspecified atom stereocenters. The SMILES string of the molecule is CCN=C(NC1CN(C2CC2)CC1C)N(C)C. The lowest BCUT2D eigenvalue weighted by atomic mass is 10.1. The van der Waals surface area contributed by atoms with Gasteiger partial charge in [0, 0.05) is 45.8 Å². The van der Waals surface area contributed by atoms with Gasteiger partial charge in [0.05, 0.1) is 0 Å². The summed E-state index contributed by atoms with van der Waals surface area (Å²) in [6, 6.07) is 1.44. The lowest BCUT2D eigenvalue weighted by Gasteiger charge is -2.24. The molecule has 4 nitrogen and oxygen atoms in total. The maximum absolute atomic E-state index is 4.52. The molecule has 0 aromatic rings. The van der Waals surface area contributed by atoms with Gasteiger partial charge in [-0.25, -0.2) is 0 Å². The minimum absolute atomic E-state index is 0.559. The predicted molar refractivity (Wildman–Crippen MR) is 72.3 cm³/mol. The molecule has 4 heteroatoms. The van der Waals surface area contributed by atoms with E-state index in [1.165, 1.54) is 25.9 Å². The number of hydrogen-bond acceptors (Lipinski definition) is 2. The van der Waals surface area contributed by atoms with Crippen LogP contribution in [0.1, 0.15) is 26.7 Å². The molecule has 2 fully saturated rings. The Morgan fingerprint density at radius 3 is 2.59 bits per heavy atom. The Labute approximate surface area is 105 Å². The highest BCUT2D eigenvalue weighted by atomic mass is 15.3. The molecule has 1 saturated carbocycles. The first-order valence-corrected chi connectivity index (χ1v) is 6.84. The molecule has 2 aliphatic rings. The number of rotatable bonds is 3. The van der Waals surface area contributed by atoms with Crippen LogP contribution >= 0.6 is 0 Å². The summed E-state index contributed by atoms with van der Waals surface area (Å²) < 4.78 is 0. The van der Waals surface area contributed by atoms with E-state index in [-0.39, 0.29) is 0 Å². The average molecular weight is 238 g/mol. The van der Waals surface area contributed by atoms with Crippen molar-refractivity contribution in [1.82, 2.24) is 15.1 Å². The molecule has 0 radical (unpaired) electrons. The van der Waals surface area contributed by atoms with E-state index in [9.17, 15) is 0 Å². The topological polar surface area (TPSA) is 30.9 Å². The number of aliphatic imine (C=N–C) groups is 1. The molecule has 0 aromatic heterocycles. The summed E-state index contributed by atoms with van der Waals surface area (Å²) in [4.78, 5) is 9.24. The van der Waals surface area contributed by atoms with E-state index in [2.05, 4.69) is 48.1 Å². The van der Waals surface area contributed by atoms with Gasteiger partial charge in [-0.2, -0.15) is 0 Å². The Bertz CT molecular complexity index is 283. The highest BCUT2D eigenvalue weighted by Crippen LogP contribution is 2.31. The second kappa shape index (κ2) is 5.25. The average Bonchev–Trinajstić information content (AvgIpc) is 3.04. The summed E-state index contributed by atoms with van der Waals surface area (Å²) >= 11 is 0. The first-order chi connectivity index (χ1) is 8.11. The quantitative estimate of drug-likeness (QED) is 0.588. The van der Waals surface area contributed by atoms with Crippen LogP contribution in [0.4, 0.5) is 0 Å². The van der Waals surface area contributed by atoms with E-state index < -0.39 is 0 Å². The van der Waals surface area contributed by atoms with Gasteiger partial charge in [-0.3, -0.25) is 9.89 Å². The van der Waals surface area contributed by atoms with Gasteiger partial charge in [0.1, 0.15) is 0 Å². The van der Waals surface area contributed by atoms with E-state index >= 15 is 0 Å². The number of guanidine groups is 1. The van der Waals surface area contributed by atoms with Crippen LogP contribution in [0.2, 0.25) is 0 Å². The van der Waals surface area contributed by atoms with E-state index in [1.807, 2.05) is 0 Å². The lowest BCUT2D eigenvalue weighted by Crippen LogP contribution is -2.46. The number of nitrogens with zero attached hydrogens (tertiary/aromatic N) is 3. The molecule has 1 N–H and O–H groups in total. The van der Waals surface area contributed by atoms with Crippen LogP contribution in [0.5, 0.6) is 0 Å². The first-order valence-electron chi connectivity index (χ1n) is 6.84. The molecule has 98 valence electrons. The standard InChI is InChI=1S/C13H26N4/c1-5-14-13(16(3)4)15-12-9-17(8-10(12)2)11-6-7-11/h10-12H,5-9H2,1-4H3,(H,14,15). The van der Waals surface area contributed by atoms with Gasteiger partial charge in [0.15, 0.2) is 5.96 Å². The third-order valence-electron chi connectivity index (χ3n) is 3.75. The summed E-state index contributed by atoms with van der Waals surface area (Å²) in [5, 5.41) is 3.61. The summed E-state index contributed by atoms with van der Waals surface area (Å²) in [6.45, 7) is 7.70. The fourth-order valence-electron chi connectivity index (χ4n) is 2.56. The van der Waals surface area contributed by atoms with Crippen molar-refractivity contribution in [3.63, 3.8) is 0 Å². The van der Waals surface area contributed by atoms with Gasteiger partial charge in [0.25, 0.3) is 0 Å². The second-order valence-corrected chi connectivity index (χ2v) is 5.61. The fourth-order valence-corrected chi connectivity index (χ4v) is 2.56. The molecule has 1 aliphatic carbocycles. The van der Waals surface area contributed by atoms with Crippen molar-refractivity contribution in [1.29, 1.82) is 0 Å². The van der Waals surface area contributed by atoms with Crippen molar-refractivity contribution in [3.05, 3.63) is 0 Å². The zero-order chi connectivity index (χ0) is 12.4. The molecule has 0 amide bonds. The summed E-state index contributed by atoms with van der Waals surface area (Å²) in [7, 11) is 4.11. The van der Waals surface area contributed by atoms with Crippen LogP contribution in [-0.4, -0.2) is 61.6 Å². The van der Waals surface area contributed by atoms with E-state index in [0.717, 1.165) is 24.5 Å². The summed E-state index contributed by atoms with van der Waals surface area (Å²) in [6.07, 6.45) is 2.81. The maximum Gasteiger partial charge on any atom is 0.193 e. The van der Waals surface area contributed by atoms with E-state index in [4.69, 9.17) is 0 Å². The molecular weight excluding hydrogens is 212 g/mol. The fraction of sp³-hybridized carbons (Fsp3) is 0.923. The normalized spacial score (nSPS) is 30.7. The summed E-state index contributed by atoms with van der Waals surface area (Å²) in [5.74, 6) is 1.75. The Morgan fingerprint density at radius 1 is 1.35 bits per heavy atom. The molecular formula is C13H26N4. The number of likely N-dealkylation sites (tertiary alicyclic amines) is 1. The second-order valence-electron chi connectivity index (χ2n) is 5.61. The predicted octanol–water partition coefficient (Wildman–Crippen LogP) is 0.996. The zero-order valence-electron chi connectivity index (χ0n) is 11.6. The molecule has 1 heterocycles. The Kier molecular flexibility index (Phi) is 3.92. The van der Waals surface area contributed by atoms with Crippen LogP contribution < -0.4 is 5.32 Å². The molecule has 1 aliphatic heterocycles. The Hall–Kier alpha value is -0.770. The molecule has 0 bridgehead atoms. The smallest absolute Gasteiger partial charge is 0.193 e. The van der Waals surface area contributed by atoms with Crippen molar-refractivity contribution < 1.29 is 0 Å². The molecule has 0 aromatic carbocycles. The molecule has 0 spiro atoms. The maximum atomic E-state index is 4.52. The van der Waals surface area contributed by atoms with Crippen LogP contribution in [-0.2, 0) is 0 Å². The van der Waals surface area contributed by atoms with Gasteiger partial charge < -0.3 is 10.2 Å². The monoisotopic (exact) mass is 238 g/mol. The third kappa shape index (κ3) is 3.12. The summed E-state index contributed by atoms with van der Waals surface area (Å²) in [5.41, 5.74) is 0. The van der Waals surface area contributed by atoms with Gasteiger partial charge in [-0.05, 0) is 25.7 Å². The molecule has 2 rings (SSSR count). The van der Waals surface area contributed by atoms with Crippen LogP contribution in [0.25, 0.3) is 0 Å². The molecule has 2 atom stereocenters. The number of hydrogen-bond donors (Lipinski definition) is 1. The van der Waals surface area contributed by atoms with Crippen LogP contribution in [0, 0.1) is 5.92 Å². The van der Waals surface area contributed by atoms with Crippen molar-refractivity contribution >= 4 is 5.96 Å². The van der Waals surface area contributed by atoms with Gasteiger partial charge in [0.2, 0.25) is 0 Å². The lowest BCUT2D eigenvalue weighted by molar-refractivity contribution is 0.315. The van der Waals surface area contributed by atoms with Gasteiger partial charge >= 0.3 is 0 Å². The van der Waals surface area contributed by atoms with Crippen molar-refractivity contribution in [2.75, 3.05) is 33.7 Å². The highest BCUT2D eigenvalue weighted by Gasteiger charge is 2.38. The Balaban J connectivity index is 1.91. The first kappa shape index (κ1) is 12.7. The van der Waals surface area contributed by atoms with Crippen LogP contribution in [0.3, 0.4) is 0 Å². The third-order valence-corrected chi connectivity index (χ3v) is 3.75. The highest BCUT2D eigenvalue weighted by molar-refractivity contribution is 5.79. The van der Waals surface area contributed by atoms with E-state index in [1.54, 1.807) is 0 Å². The molecule has 1 saturated heterocycles. The molecule has 17 heavy (non-hydrogen) atoms. The Morgan fingerprint density at radius 2 is 2.06 bits per heavy atom. The zero-order valence-corrected chi connectivity index (χ0v) is 11.6. The van der Waals surface area contributed by atoms with Gasteiger partial charge in [-0.15, -0.1) is 0 Å². The largest absolute Gasteiger partial charge is 0.352 e. The van der Waals surface area contributed by atoms with Crippen molar-refractivity contribution in [3.8, 4) is 0 Å². The van der Waals surface area contributed by atoms with Crippen molar-refractivity contribution in [2.45, 2.75) is 38.8 Å². The van der Waals surface area contributed by atoms with Crippen LogP contribution in [0.15, 0.2) is 4.99 Å². The van der Waals surface area contributed by atoms with E-state index in [0.29, 0.717) is 6.04 Å². The number of nitrogens with one attached hydrogen (secondary N) is 1.